The van der Waals surface area contributed by atoms with Crippen molar-refractivity contribution in [3.8, 4) is 11.6 Å². The van der Waals surface area contributed by atoms with Gasteiger partial charge in [0.25, 0.3) is 0 Å². The number of aromatic nitrogens is 1. The number of fused-ring (bicyclic) bond motifs is 2. The standard InChI is InChI=1S/C16H13Br2NO/c17-7-1-3-11-9-12-10-13(18)5-6-15(12)20-16-14(11)4-2-8-19-16/h2-6,8,10H,1,7,9H2/b11-3+. The molecule has 102 valence electrons. The van der Waals surface area contributed by atoms with Gasteiger partial charge in [-0.05, 0) is 42.3 Å². The van der Waals surface area contributed by atoms with Crippen molar-refractivity contribution in [2.45, 2.75) is 12.8 Å². The molecule has 2 nitrogen and oxygen atoms in total. The summed E-state index contributed by atoms with van der Waals surface area (Å²) in [5.74, 6) is 1.57. The largest absolute Gasteiger partial charge is 0.438 e. The van der Waals surface area contributed by atoms with E-state index in [0.29, 0.717) is 5.88 Å². The van der Waals surface area contributed by atoms with Crippen molar-refractivity contribution in [1.82, 2.24) is 4.98 Å². The predicted octanol–water partition coefficient (Wildman–Crippen LogP) is 5.36. The molecule has 0 unspecified atom stereocenters. The number of benzene rings is 1. The van der Waals surface area contributed by atoms with Gasteiger partial charge in [0, 0.05) is 33.5 Å². The molecule has 1 aromatic heterocycles. The van der Waals surface area contributed by atoms with Crippen molar-refractivity contribution >= 4 is 37.4 Å². The minimum atomic E-state index is 0.689. The van der Waals surface area contributed by atoms with Gasteiger partial charge in [-0.25, -0.2) is 4.98 Å². The maximum Gasteiger partial charge on any atom is 0.226 e. The molecule has 0 radical (unpaired) electrons. The molecule has 0 spiro atoms. The summed E-state index contributed by atoms with van der Waals surface area (Å²) in [5, 5.41) is 0.957. The van der Waals surface area contributed by atoms with Gasteiger partial charge in [0.15, 0.2) is 0 Å². The molecule has 1 aliphatic rings. The third-order valence-corrected chi connectivity index (χ3v) is 4.18. The minimum Gasteiger partial charge on any atom is -0.438 e. The average Bonchev–Trinajstić information content (AvgIpc) is 2.61. The van der Waals surface area contributed by atoms with Gasteiger partial charge in [-0.15, -0.1) is 0 Å². The minimum absolute atomic E-state index is 0.689. The quantitative estimate of drug-likeness (QED) is 0.639. The van der Waals surface area contributed by atoms with E-state index in [-0.39, 0.29) is 0 Å². The van der Waals surface area contributed by atoms with Crippen LogP contribution in [-0.4, -0.2) is 10.3 Å². The van der Waals surface area contributed by atoms with Crippen LogP contribution in [0.5, 0.6) is 11.6 Å². The van der Waals surface area contributed by atoms with Gasteiger partial charge in [-0.2, -0.15) is 0 Å². The molecule has 0 N–H and O–H groups in total. The molecule has 4 heteroatoms. The van der Waals surface area contributed by atoms with E-state index >= 15 is 0 Å². The summed E-state index contributed by atoms with van der Waals surface area (Å²) in [4.78, 5) is 4.37. The van der Waals surface area contributed by atoms with E-state index in [0.717, 1.165) is 34.0 Å². The zero-order valence-electron chi connectivity index (χ0n) is 10.8. The Morgan fingerprint density at radius 1 is 1.30 bits per heavy atom. The SMILES string of the molecule is BrCC/C=C1\Cc2cc(Br)ccc2Oc2ncccc21. The lowest BCUT2D eigenvalue weighted by Crippen LogP contribution is -1.91. The average molecular weight is 395 g/mol. The van der Waals surface area contributed by atoms with E-state index in [1.807, 2.05) is 18.2 Å². The van der Waals surface area contributed by atoms with Gasteiger partial charge in [0.05, 0.1) is 0 Å². The number of hydrogen-bond donors (Lipinski definition) is 0. The van der Waals surface area contributed by atoms with Crippen molar-refractivity contribution in [3.63, 3.8) is 0 Å². The molecule has 0 aliphatic carbocycles. The van der Waals surface area contributed by atoms with Gasteiger partial charge in [-0.3, -0.25) is 0 Å². The van der Waals surface area contributed by atoms with E-state index in [9.17, 15) is 0 Å². The van der Waals surface area contributed by atoms with Gasteiger partial charge in [-0.1, -0.05) is 37.9 Å². The van der Waals surface area contributed by atoms with Crippen molar-refractivity contribution in [3.05, 3.63) is 58.2 Å². The van der Waals surface area contributed by atoms with Crippen molar-refractivity contribution in [2.24, 2.45) is 0 Å². The topological polar surface area (TPSA) is 22.1 Å². The van der Waals surface area contributed by atoms with Crippen LogP contribution in [-0.2, 0) is 6.42 Å². The zero-order valence-corrected chi connectivity index (χ0v) is 13.9. The molecule has 0 saturated heterocycles. The second-order valence-electron chi connectivity index (χ2n) is 4.59. The molecule has 0 amide bonds. The fourth-order valence-electron chi connectivity index (χ4n) is 2.32. The first-order valence-corrected chi connectivity index (χ1v) is 8.36. The van der Waals surface area contributed by atoms with Crippen molar-refractivity contribution in [1.29, 1.82) is 0 Å². The van der Waals surface area contributed by atoms with Gasteiger partial charge < -0.3 is 4.74 Å². The van der Waals surface area contributed by atoms with Gasteiger partial charge in [0.1, 0.15) is 5.75 Å². The van der Waals surface area contributed by atoms with Gasteiger partial charge in [0.2, 0.25) is 5.88 Å². The van der Waals surface area contributed by atoms with Crippen LogP contribution in [0.2, 0.25) is 0 Å². The zero-order chi connectivity index (χ0) is 13.9. The number of allylic oxidation sites excluding steroid dienone is 2. The van der Waals surface area contributed by atoms with Crippen LogP contribution < -0.4 is 4.74 Å². The highest BCUT2D eigenvalue weighted by molar-refractivity contribution is 9.10. The summed E-state index contributed by atoms with van der Waals surface area (Å²) >= 11 is 7.01. The summed E-state index contributed by atoms with van der Waals surface area (Å²) in [6, 6.07) is 10.1. The lowest BCUT2D eigenvalue weighted by molar-refractivity contribution is 0.460. The van der Waals surface area contributed by atoms with E-state index in [2.05, 4.69) is 55.1 Å². The summed E-state index contributed by atoms with van der Waals surface area (Å²) in [6.45, 7) is 0. The first-order valence-electron chi connectivity index (χ1n) is 6.44. The molecule has 20 heavy (non-hydrogen) atoms. The Bertz CT molecular complexity index is 667. The Labute approximate surface area is 135 Å². The lowest BCUT2D eigenvalue weighted by Gasteiger charge is -2.07. The maximum absolute atomic E-state index is 5.98. The maximum atomic E-state index is 5.98. The first kappa shape index (κ1) is 13.8. The second kappa shape index (κ2) is 6.10. The smallest absolute Gasteiger partial charge is 0.226 e. The highest BCUT2D eigenvalue weighted by Crippen LogP contribution is 2.38. The summed E-state index contributed by atoms with van der Waals surface area (Å²) < 4.78 is 7.05. The summed E-state index contributed by atoms with van der Waals surface area (Å²) in [5.41, 5.74) is 3.53. The predicted molar refractivity (Wildman–Crippen MR) is 88.5 cm³/mol. The van der Waals surface area contributed by atoms with Crippen LogP contribution >= 0.6 is 31.9 Å². The Hall–Kier alpha value is -1.13. The molecule has 1 aromatic carbocycles. The monoisotopic (exact) mass is 393 g/mol. The van der Waals surface area contributed by atoms with Crippen LogP contribution in [0.25, 0.3) is 5.57 Å². The third kappa shape index (κ3) is 2.81. The van der Waals surface area contributed by atoms with E-state index in [1.54, 1.807) is 6.20 Å². The molecule has 2 heterocycles. The van der Waals surface area contributed by atoms with Crippen molar-refractivity contribution < 1.29 is 4.74 Å². The fraction of sp³-hybridized carbons (Fsp3) is 0.188. The van der Waals surface area contributed by atoms with Crippen LogP contribution in [0.4, 0.5) is 0 Å². The van der Waals surface area contributed by atoms with Gasteiger partial charge >= 0.3 is 0 Å². The Kier molecular flexibility index (Phi) is 4.22. The van der Waals surface area contributed by atoms with Crippen LogP contribution in [0.15, 0.2) is 47.1 Å². The first-order chi connectivity index (χ1) is 9.78. The van der Waals surface area contributed by atoms with E-state index in [1.165, 1.54) is 11.1 Å². The van der Waals surface area contributed by atoms with Crippen molar-refractivity contribution in [2.75, 3.05) is 5.33 Å². The second-order valence-corrected chi connectivity index (χ2v) is 6.30. The molecular weight excluding hydrogens is 382 g/mol. The number of ether oxygens (including phenoxy) is 1. The summed E-state index contributed by atoms with van der Waals surface area (Å²) in [7, 11) is 0. The van der Waals surface area contributed by atoms with E-state index < -0.39 is 0 Å². The van der Waals surface area contributed by atoms with E-state index in [4.69, 9.17) is 4.74 Å². The molecular formula is C16H13Br2NO. The number of hydrogen-bond acceptors (Lipinski definition) is 2. The molecule has 0 bridgehead atoms. The van der Waals surface area contributed by atoms with Crippen LogP contribution in [0, 0.1) is 0 Å². The lowest BCUT2D eigenvalue weighted by atomic mass is 9.98. The fourth-order valence-corrected chi connectivity index (χ4v) is 2.96. The molecule has 2 aromatic rings. The summed E-state index contributed by atoms with van der Waals surface area (Å²) in [6.07, 6.45) is 5.88. The highest BCUT2D eigenvalue weighted by Gasteiger charge is 2.19. The van der Waals surface area contributed by atoms with Crippen LogP contribution in [0.1, 0.15) is 17.5 Å². The number of pyridine rings is 1. The number of nitrogens with zero attached hydrogens (tertiary/aromatic N) is 1. The molecule has 0 fully saturated rings. The molecule has 0 atom stereocenters. The molecule has 3 rings (SSSR count). The number of rotatable bonds is 2. The molecule has 1 aliphatic heterocycles. The van der Waals surface area contributed by atoms with Crippen LogP contribution in [0.3, 0.4) is 0 Å². The Morgan fingerprint density at radius 2 is 2.20 bits per heavy atom. The number of alkyl halides is 1. The Morgan fingerprint density at radius 3 is 3.05 bits per heavy atom. The highest BCUT2D eigenvalue weighted by atomic mass is 79.9. The number of halogens is 2. The molecule has 0 saturated carbocycles. The third-order valence-electron chi connectivity index (χ3n) is 3.23. The Balaban J connectivity index is 2.12. The normalized spacial score (nSPS) is 15.2.